The van der Waals surface area contributed by atoms with E-state index in [-0.39, 0.29) is 5.91 Å². The van der Waals surface area contributed by atoms with Crippen molar-refractivity contribution in [1.82, 2.24) is 20.0 Å². The summed E-state index contributed by atoms with van der Waals surface area (Å²) in [4.78, 5) is 14.9. The number of nitrogens with zero attached hydrogens (tertiary/aromatic N) is 3. The Bertz CT molecular complexity index is 841. The summed E-state index contributed by atoms with van der Waals surface area (Å²) in [7, 11) is 1.81. The number of hydrogen-bond acceptors (Lipinski definition) is 4. The van der Waals surface area contributed by atoms with Gasteiger partial charge in [0.1, 0.15) is 18.1 Å². The number of carbonyl (C=O) groups is 1. The average Bonchev–Trinajstić information content (AvgIpc) is 3.26. The first kappa shape index (κ1) is 19.3. The van der Waals surface area contributed by atoms with Crippen LogP contribution in [-0.4, -0.2) is 46.8 Å². The molecule has 0 bridgehead atoms. The lowest BCUT2D eigenvalue weighted by Crippen LogP contribution is -2.25. The van der Waals surface area contributed by atoms with Crippen LogP contribution >= 0.6 is 11.6 Å². The number of rotatable bonds is 8. The Labute approximate surface area is 170 Å². The minimum atomic E-state index is -0.121. The minimum absolute atomic E-state index is 0.121. The molecular formula is C21H27ClN4O2. The third-order valence-electron chi connectivity index (χ3n) is 5.44. The van der Waals surface area contributed by atoms with E-state index >= 15 is 0 Å². The molecule has 1 aromatic heterocycles. The molecule has 2 heterocycles. The van der Waals surface area contributed by atoms with Crippen molar-refractivity contribution < 1.29 is 9.53 Å². The Morgan fingerprint density at radius 2 is 2.07 bits per heavy atom. The predicted octanol–water partition coefficient (Wildman–Crippen LogP) is 3.36. The molecule has 6 nitrogen and oxygen atoms in total. The number of amides is 1. The van der Waals surface area contributed by atoms with E-state index in [1.54, 1.807) is 4.68 Å². The van der Waals surface area contributed by atoms with Gasteiger partial charge in [-0.05, 0) is 62.5 Å². The molecule has 4 rings (SSSR count). The van der Waals surface area contributed by atoms with Crippen molar-refractivity contribution in [1.29, 1.82) is 0 Å². The molecule has 1 N–H and O–H groups in total. The Morgan fingerprint density at radius 1 is 1.29 bits per heavy atom. The number of benzene rings is 1. The standard InChI is InChI=1S/C21H27ClN4O2/c1-25-19(13-18(24-25)16-5-6-16)21(27)23-14-15-4-7-20(17(22)12-15)28-11-10-26-8-2-3-9-26/h4,7,12-13,16H,2-3,5-6,8-11,14H2,1H3,(H,23,27). The third-order valence-corrected chi connectivity index (χ3v) is 5.74. The van der Waals surface area contributed by atoms with Crippen molar-refractivity contribution in [2.75, 3.05) is 26.2 Å². The largest absolute Gasteiger partial charge is 0.491 e. The van der Waals surface area contributed by atoms with E-state index in [1.807, 2.05) is 31.3 Å². The average molecular weight is 403 g/mol. The fourth-order valence-corrected chi connectivity index (χ4v) is 3.87. The summed E-state index contributed by atoms with van der Waals surface area (Å²) in [5.74, 6) is 1.10. The van der Waals surface area contributed by atoms with Crippen LogP contribution in [0.5, 0.6) is 5.75 Å². The molecule has 1 saturated carbocycles. The fraction of sp³-hybridized carbons (Fsp3) is 0.524. The maximum atomic E-state index is 12.5. The van der Waals surface area contributed by atoms with Gasteiger partial charge in [-0.2, -0.15) is 5.10 Å². The van der Waals surface area contributed by atoms with Crippen molar-refractivity contribution in [3.05, 3.63) is 46.2 Å². The number of aromatic nitrogens is 2. The predicted molar refractivity (Wildman–Crippen MR) is 109 cm³/mol. The Hall–Kier alpha value is -2.05. The maximum absolute atomic E-state index is 12.5. The van der Waals surface area contributed by atoms with Gasteiger partial charge in [-0.3, -0.25) is 14.4 Å². The van der Waals surface area contributed by atoms with Crippen LogP contribution in [0, 0.1) is 0 Å². The van der Waals surface area contributed by atoms with E-state index in [4.69, 9.17) is 16.3 Å². The lowest BCUT2D eigenvalue weighted by Gasteiger charge is -2.15. The van der Waals surface area contributed by atoms with Gasteiger partial charge in [-0.15, -0.1) is 0 Å². The first-order valence-corrected chi connectivity index (χ1v) is 10.4. The molecule has 2 fully saturated rings. The van der Waals surface area contributed by atoms with Crippen molar-refractivity contribution in [3.8, 4) is 5.75 Å². The van der Waals surface area contributed by atoms with Crippen LogP contribution in [0.3, 0.4) is 0 Å². The number of carbonyl (C=O) groups excluding carboxylic acids is 1. The highest BCUT2D eigenvalue weighted by Crippen LogP contribution is 2.39. The summed E-state index contributed by atoms with van der Waals surface area (Å²) in [6.45, 7) is 4.31. The molecular weight excluding hydrogens is 376 g/mol. The van der Waals surface area contributed by atoms with Gasteiger partial charge in [0, 0.05) is 26.1 Å². The first-order valence-electron chi connectivity index (χ1n) is 10.1. The highest BCUT2D eigenvalue weighted by molar-refractivity contribution is 6.32. The van der Waals surface area contributed by atoms with Crippen LogP contribution in [0.25, 0.3) is 0 Å². The number of halogens is 1. The van der Waals surface area contributed by atoms with Crippen molar-refractivity contribution in [3.63, 3.8) is 0 Å². The van der Waals surface area contributed by atoms with E-state index in [1.165, 1.54) is 25.7 Å². The number of likely N-dealkylation sites (tertiary alicyclic amines) is 1. The smallest absolute Gasteiger partial charge is 0.269 e. The van der Waals surface area contributed by atoms with Gasteiger partial charge in [0.15, 0.2) is 0 Å². The lowest BCUT2D eigenvalue weighted by molar-refractivity contribution is 0.0941. The van der Waals surface area contributed by atoms with E-state index in [0.29, 0.717) is 35.5 Å². The molecule has 28 heavy (non-hydrogen) atoms. The van der Waals surface area contributed by atoms with E-state index in [2.05, 4.69) is 15.3 Å². The second-order valence-electron chi connectivity index (χ2n) is 7.70. The highest BCUT2D eigenvalue weighted by atomic mass is 35.5. The van der Waals surface area contributed by atoms with Crippen molar-refractivity contribution in [2.45, 2.75) is 38.1 Å². The maximum Gasteiger partial charge on any atom is 0.269 e. The van der Waals surface area contributed by atoms with Gasteiger partial charge in [0.2, 0.25) is 0 Å². The Morgan fingerprint density at radius 3 is 2.79 bits per heavy atom. The van der Waals surface area contributed by atoms with Gasteiger partial charge in [-0.25, -0.2) is 0 Å². The normalized spacial score (nSPS) is 17.1. The second kappa shape index (κ2) is 8.53. The van der Waals surface area contributed by atoms with Crippen LogP contribution in [0.1, 0.15) is 53.3 Å². The Kier molecular flexibility index (Phi) is 5.87. The molecule has 1 aliphatic heterocycles. The molecule has 1 saturated heterocycles. The van der Waals surface area contributed by atoms with E-state index in [0.717, 1.165) is 30.9 Å². The van der Waals surface area contributed by atoms with Crippen molar-refractivity contribution >= 4 is 17.5 Å². The molecule has 7 heteroatoms. The van der Waals surface area contributed by atoms with Crippen LogP contribution in [0.15, 0.2) is 24.3 Å². The van der Waals surface area contributed by atoms with Gasteiger partial charge >= 0.3 is 0 Å². The second-order valence-corrected chi connectivity index (χ2v) is 8.10. The number of hydrogen-bond donors (Lipinski definition) is 1. The molecule has 0 unspecified atom stereocenters. The Balaban J connectivity index is 1.28. The molecule has 0 atom stereocenters. The van der Waals surface area contributed by atoms with Gasteiger partial charge in [-0.1, -0.05) is 17.7 Å². The zero-order valence-corrected chi connectivity index (χ0v) is 17.0. The number of nitrogens with one attached hydrogen (secondary N) is 1. The first-order chi connectivity index (χ1) is 13.6. The topological polar surface area (TPSA) is 59.4 Å². The van der Waals surface area contributed by atoms with Crippen LogP contribution < -0.4 is 10.1 Å². The molecule has 0 spiro atoms. The van der Waals surface area contributed by atoms with Gasteiger partial charge < -0.3 is 10.1 Å². The van der Waals surface area contributed by atoms with Crippen LogP contribution in [0.2, 0.25) is 5.02 Å². The van der Waals surface area contributed by atoms with E-state index in [9.17, 15) is 4.79 Å². The van der Waals surface area contributed by atoms with Gasteiger partial charge in [0.05, 0.1) is 10.7 Å². The third kappa shape index (κ3) is 4.67. The zero-order chi connectivity index (χ0) is 19.5. The molecule has 1 aromatic carbocycles. The quantitative estimate of drug-likeness (QED) is 0.735. The minimum Gasteiger partial charge on any atom is -0.491 e. The number of ether oxygens (including phenoxy) is 1. The van der Waals surface area contributed by atoms with Crippen LogP contribution in [0.4, 0.5) is 0 Å². The number of aryl methyl sites for hydroxylation is 1. The molecule has 0 radical (unpaired) electrons. The molecule has 2 aromatic rings. The molecule has 1 amide bonds. The van der Waals surface area contributed by atoms with Gasteiger partial charge in [0.25, 0.3) is 5.91 Å². The molecule has 1 aliphatic carbocycles. The monoisotopic (exact) mass is 402 g/mol. The summed E-state index contributed by atoms with van der Waals surface area (Å²) in [5, 5.41) is 7.97. The summed E-state index contributed by atoms with van der Waals surface area (Å²) in [6, 6.07) is 7.57. The summed E-state index contributed by atoms with van der Waals surface area (Å²) < 4.78 is 7.48. The van der Waals surface area contributed by atoms with E-state index < -0.39 is 0 Å². The summed E-state index contributed by atoms with van der Waals surface area (Å²) in [6.07, 6.45) is 4.90. The molecule has 2 aliphatic rings. The zero-order valence-electron chi connectivity index (χ0n) is 16.3. The fourth-order valence-electron chi connectivity index (χ4n) is 3.62. The lowest BCUT2D eigenvalue weighted by atomic mass is 10.2. The SMILES string of the molecule is Cn1nc(C2CC2)cc1C(=O)NCc1ccc(OCCN2CCCC2)c(Cl)c1. The summed E-state index contributed by atoms with van der Waals surface area (Å²) >= 11 is 6.36. The van der Waals surface area contributed by atoms with Crippen molar-refractivity contribution in [2.24, 2.45) is 7.05 Å². The summed E-state index contributed by atoms with van der Waals surface area (Å²) in [5.41, 5.74) is 2.55. The highest BCUT2D eigenvalue weighted by Gasteiger charge is 2.28. The molecule has 150 valence electrons. The van der Waals surface area contributed by atoms with Crippen LogP contribution in [-0.2, 0) is 13.6 Å².